The summed E-state index contributed by atoms with van der Waals surface area (Å²) < 4.78 is 2.14. The number of carbonyl (C=O) groups is 2. The van der Waals surface area contributed by atoms with Crippen molar-refractivity contribution in [3.05, 3.63) is 48.2 Å². The standard InChI is InChI=1S/C20H19N3O2/c1-2-22-11-14(15-5-3-4-6-16(15)22)10-21-23-19(24)17-12-7-8-13(9-12)18(17)20(23)25/h3-8,10-13,17-18H,2,9H2,1H3/b21-10-/t12-,13-,17-,18+/m0/s1. The fraction of sp³-hybridized carbons (Fsp3) is 0.350. The van der Waals surface area contributed by atoms with Crippen molar-refractivity contribution in [2.75, 3.05) is 0 Å². The van der Waals surface area contributed by atoms with Crippen LogP contribution in [0.5, 0.6) is 0 Å². The lowest BCUT2D eigenvalue weighted by atomic mass is 9.85. The Kier molecular flexibility index (Phi) is 3.02. The van der Waals surface area contributed by atoms with Crippen molar-refractivity contribution in [2.24, 2.45) is 28.8 Å². The van der Waals surface area contributed by atoms with Gasteiger partial charge in [0.15, 0.2) is 0 Å². The van der Waals surface area contributed by atoms with E-state index in [1.54, 1.807) is 6.21 Å². The quantitative estimate of drug-likeness (QED) is 0.493. The van der Waals surface area contributed by atoms with Crippen molar-refractivity contribution in [1.29, 1.82) is 0 Å². The van der Waals surface area contributed by atoms with Gasteiger partial charge in [0.05, 0.1) is 18.1 Å². The zero-order chi connectivity index (χ0) is 17.1. The molecule has 0 spiro atoms. The number of hydrogen-bond donors (Lipinski definition) is 0. The number of nitrogens with zero attached hydrogens (tertiary/aromatic N) is 3. The molecule has 2 aliphatic carbocycles. The Hall–Kier alpha value is -2.69. The molecular formula is C20H19N3O2. The molecule has 0 unspecified atom stereocenters. The van der Waals surface area contributed by atoms with Gasteiger partial charge >= 0.3 is 0 Å². The van der Waals surface area contributed by atoms with Crippen LogP contribution in [0.15, 0.2) is 47.7 Å². The number of hydrazone groups is 1. The van der Waals surface area contributed by atoms with Crippen LogP contribution in [0, 0.1) is 23.7 Å². The number of para-hydroxylation sites is 1. The first-order valence-electron chi connectivity index (χ1n) is 8.87. The molecular weight excluding hydrogens is 314 g/mol. The molecule has 2 aromatic rings. The second-order valence-corrected chi connectivity index (χ2v) is 7.12. The largest absolute Gasteiger partial charge is 0.347 e. The van der Waals surface area contributed by atoms with E-state index in [-0.39, 0.29) is 35.5 Å². The number of fused-ring (bicyclic) bond motifs is 6. The number of allylic oxidation sites excluding steroid dienone is 2. The van der Waals surface area contributed by atoms with Crippen LogP contribution in [0.3, 0.4) is 0 Å². The molecule has 4 atom stereocenters. The molecule has 3 aliphatic rings. The topological polar surface area (TPSA) is 54.7 Å². The van der Waals surface area contributed by atoms with Gasteiger partial charge in [0.25, 0.3) is 11.8 Å². The second kappa shape index (κ2) is 5.15. The molecule has 2 heterocycles. The molecule has 126 valence electrons. The third-order valence-corrected chi connectivity index (χ3v) is 5.92. The highest BCUT2D eigenvalue weighted by Gasteiger charge is 2.59. The fourth-order valence-corrected chi connectivity index (χ4v) is 4.76. The number of aryl methyl sites for hydroxylation is 1. The molecule has 1 saturated carbocycles. The number of carbonyl (C=O) groups excluding carboxylic acids is 2. The zero-order valence-electron chi connectivity index (χ0n) is 14.0. The van der Waals surface area contributed by atoms with Crippen molar-refractivity contribution in [3.63, 3.8) is 0 Å². The molecule has 5 nitrogen and oxygen atoms in total. The predicted molar refractivity (Wildman–Crippen MR) is 94.8 cm³/mol. The number of aromatic nitrogens is 1. The van der Waals surface area contributed by atoms with E-state index in [0.29, 0.717) is 0 Å². The SMILES string of the molecule is CCn1cc(/C=N\N2C(=O)[C@@H]3[C@H](C2=O)[C@H]2C=C[C@H]3C2)c2ccccc21. The van der Waals surface area contributed by atoms with Crippen molar-refractivity contribution in [2.45, 2.75) is 19.9 Å². The molecule has 1 aliphatic heterocycles. The Bertz CT molecular complexity index is 925. The highest BCUT2D eigenvalue weighted by molar-refractivity contribution is 6.07. The molecule has 1 saturated heterocycles. The summed E-state index contributed by atoms with van der Waals surface area (Å²) in [5.41, 5.74) is 2.06. The Morgan fingerprint density at radius 2 is 1.80 bits per heavy atom. The van der Waals surface area contributed by atoms with Gasteiger partial charge in [-0.05, 0) is 31.2 Å². The highest BCUT2D eigenvalue weighted by atomic mass is 16.2. The van der Waals surface area contributed by atoms with E-state index in [1.165, 1.54) is 0 Å². The van der Waals surface area contributed by atoms with Crippen molar-refractivity contribution >= 4 is 28.9 Å². The van der Waals surface area contributed by atoms with Gasteiger partial charge in [0.2, 0.25) is 0 Å². The summed E-state index contributed by atoms with van der Waals surface area (Å²) in [5.74, 6) is -0.236. The normalized spacial score (nSPS) is 30.4. The van der Waals surface area contributed by atoms with Crippen LogP contribution in [0.4, 0.5) is 0 Å². The van der Waals surface area contributed by atoms with E-state index >= 15 is 0 Å². The van der Waals surface area contributed by atoms with E-state index in [1.807, 2.05) is 24.4 Å². The van der Waals surface area contributed by atoms with E-state index in [9.17, 15) is 9.59 Å². The van der Waals surface area contributed by atoms with Crippen LogP contribution in [0.25, 0.3) is 10.9 Å². The third-order valence-electron chi connectivity index (χ3n) is 5.92. The lowest BCUT2D eigenvalue weighted by Crippen LogP contribution is -2.28. The Labute approximate surface area is 145 Å². The minimum absolute atomic E-state index is 0.137. The van der Waals surface area contributed by atoms with Crippen LogP contribution in [-0.2, 0) is 16.1 Å². The van der Waals surface area contributed by atoms with Crippen molar-refractivity contribution in [1.82, 2.24) is 9.58 Å². The minimum Gasteiger partial charge on any atom is -0.347 e. The lowest BCUT2D eigenvalue weighted by molar-refractivity contribution is -0.140. The van der Waals surface area contributed by atoms with Gasteiger partial charge in [-0.25, -0.2) is 0 Å². The van der Waals surface area contributed by atoms with Gasteiger partial charge in [-0.2, -0.15) is 10.1 Å². The lowest BCUT2D eigenvalue weighted by Gasteiger charge is -2.13. The summed E-state index contributed by atoms with van der Waals surface area (Å²) in [4.78, 5) is 25.4. The molecule has 25 heavy (non-hydrogen) atoms. The van der Waals surface area contributed by atoms with Gasteiger partial charge in [-0.1, -0.05) is 30.4 Å². The van der Waals surface area contributed by atoms with Gasteiger partial charge in [0.1, 0.15) is 0 Å². The molecule has 2 amide bonds. The number of benzene rings is 1. The summed E-state index contributed by atoms with van der Waals surface area (Å²) in [6.07, 6.45) is 8.80. The number of amides is 2. The van der Waals surface area contributed by atoms with Crippen LogP contribution < -0.4 is 0 Å². The first kappa shape index (κ1) is 14.6. The monoisotopic (exact) mass is 333 g/mol. The Morgan fingerprint density at radius 1 is 1.12 bits per heavy atom. The smallest absolute Gasteiger partial charge is 0.254 e. The summed E-state index contributed by atoms with van der Waals surface area (Å²) in [7, 11) is 0. The van der Waals surface area contributed by atoms with Gasteiger partial charge in [-0.3, -0.25) is 9.59 Å². The summed E-state index contributed by atoms with van der Waals surface area (Å²) in [5, 5.41) is 6.49. The third kappa shape index (κ3) is 1.92. The highest BCUT2D eigenvalue weighted by Crippen LogP contribution is 2.52. The second-order valence-electron chi connectivity index (χ2n) is 7.12. The molecule has 1 aromatic heterocycles. The van der Waals surface area contributed by atoms with Crippen molar-refractivity contribution in [3.8, 4) is 0 Å². The van der Waals surface area contributed by atoms with Crippen LogP contribution in [0.2, 0.25) is 0 Å². The van der Waals surface area contributed by atoms with E-state index < -0.39 is 0 Å². The molecule has 5 heteroatoms. The first-order chi connectivity index (χ1) is 12.2. The van der Waals surface area contributed by atoms with Crippen LogP contribution >= 0.6 is 0 Å². The van der Waals surface area contributed by atoms with E-state index in [0.717, 1.165) is 34.4 Å². The number of rotatable bonds is 3. The van der Waals surface area contributed by atoms with Gasteiger partial charge in [0, 0.05) is 29.2 Å². The van der Waals surface area contributed by atoms with E-state index in [2.05, 4.69) is 34.8 Å². The maximum absolute atomic E-state index is 12.7. The summed E-state index contributed by atoms with van der Waals surface area (Å²) >= 11 is 0. The maximum Gasteiger partial charge on any atom is 0.254 e. The predicted octanol–water partition coefficient (Wildman–Crippen LogP) is 2.80. The van der Waals surface area contributed by atoms with Crippen molar-refractivity contribution < 1.29 is 9.59 Å². The van der Waals surface area contributed by atoms with E-state index in [4.69, 9.17) is 0 Å². The van der Waals surface area contributed by atoms with Gasteiger partial charge in [-0.15, -0.1) is 0 Å². The zero-order valence-corrected chi connectivity index (χ0v) is 14.0. The Morgan fingerprint density at radius 3 is 2.48 bits per heavy atom. The molecule has 2 bridgehead atoms. The number of hydrogen-bond acceptors (Lipinski definition) is 3. The van der Waals surface area contributed by atoms with Crippen LogP contribution in [0.1, 0.15) is 18.9 Å². The molecule has 0 N–H and O–H groups in total. The maximum atomic E-state index is 12.7. The fourth-order valence-electron chi connectivity index (χ4n) is 4.76. The summed E-state index contributed by atoms with van der Waals surface area (Å²) in [6.45, 7) is 2.94. The summed E-state index contributed by atoms with van der Waals surface area (Å²) in [6, 6.07) is 8.10. The average molecular weight is 333 g/mol. The first-order valence-corrected chi connectivity index (χ1v) is 8.87. The van der Waals surface area contributed by atoms with Gasteiger partial charge < -0.3 is 4.57 Å². The Balaban J connectivity index is 1.49. The van der Waals surface area contributed by atoms with Crippen LogP contribution in [-0.4, -0.2) is 27.6 Å². The average Bonchev–Trinajstić information content (AvgIpc) is 3.37. The molecule has 5 rings (SSSR count). The minimum atomic E-state index is -0.198. The number of imide groups is 1. The molecule has 1 aromatic carbocycles. The molecule has 2 fully saturated rings. The molecule has 0 radical (unpaired) electrons.